The van der Waals surface area contributed by atoms with Gasteiger partial charge < -0.3 is 10.3 Å². The van der Waals surface area contributed by atoms with Gasteiger partial charge in [-0.15, -0.1) is 11.3 Å². The summed E-state index contributed by atoms with van der Waals surface area (Å²) < 4.78 is 0. The number of benzene rings is 1. The zero-order chi connectivity index (χ0) is 18.3. The average Bonchev–Trinajstić information content (AvgIpc) is 2.98. The van der Waals surface area contributed by atoms with Crippen LogP contribution in [0, 0.1) is 12.8 Å². The monoisotopic (exact) mass is 368 g/mol. The molecule has 3 N–H and O–H groups in total. The van der Waals surface area contributed by atoms with E-state index in [1.807, 2.05) is 0 Å². The van der Waals surface area contributed by atoms with E-state index in [2.05, 4.69) is 55.3 Å². The minimum atomic E-state index is 0.0349. The van der Waals surface area contributed by atoms with Gasteiger partial charge in [-0.1, -0.05) is 36.8 Å². The van der Waals surface area contributed by atoms with E-state index in [-0.39, 0.29) is 11.6 Å². The molecule has 0 saturated carbocycles. The Morgan fingerprint density at radius 3 is 2.88 bits per heavy atom. The Balaban J connectivity index is 1.58. The van der Waals surface area contributed by atoms with Crippen LogP contribution in [0.1, 0.15) is 53.7 Å². The maximum absolute atomic E-state index is 12.7. The van der Waals surface area contributed by atoms with Gasteiger partial charge in [0, 0.05) is 10.4 Å². The highest BCUT2D eigenvalue weighted by Gasteiger charge is 2.24. The van der Waals surface area contributed by atoms with E-state index >= 15 is 0 Å². The molecule has 0 unspecified atom stereocenters. The van der Waals surface area contributed by atoms with Crippen LogP contribution in [0.4, 0.5) is 0 Å². The van der Waals surface area contributed by atoms with Crippen LogP contribution in [0.25, 0.3) is 10.2 Å². The lowest BCUT2D eigenvalue weighted by Gasteiger charge is -2.17. The number of nitrogens with two attached hydrogens (primary N) is 1. The second-order valence-corrected chi connectivity index (χ2v) is 8.78. The number of rotatable bonds is 4. The van der Waals surface area contributed by atoms with Gasteiger partial charge in [-0.05, 0) is 44.6 Å². The number of nitrogens with one attached hydrogen (secondary N) is 1. The quantitative estimate of drug-likeness (QED) is 0.743. The third-order valence-corrected chi connectivity index (χ3v) is 6.59. The van der Waals surface area contributed by atoms with Crippen LogP contribution in [0.2, 0.25) is 0 Å². The average molecular weight is 369 g/mol. The van der Waals surface area contributed by atoms with Gasteiger partial charge in [0.25, 0.3) is 5.56 Å². The molecular weight excluding hydrogens is 342 g/mol. The van der Waals surface area contributed by atoms with Crippen molar-refractivity contribution in [3.05, 3.63) is 62.0 Å². The molecule has 2 aromatic heterocycles. The molecule has 5 heteroatoms. The normalized spacial score (nSPS) is 18.0. The molecule has 0 aliphatic heterocycles. The Morgan fingerprint density at radius 2 is 2.12 bits per heavy atom. The molecule has 0 fully saturated rings. The highest BCUT2D eigenvalue weighted by atomic mass is 32.1. The Hall–Kier alpha value is -1.98. The molecule has 3 aromatic rings. The zero-order valence-electron chi connectivity index (χ0n) is 15.6. The van der Waals surface area contributed by atoms with E-state index in [9.17, 15) is 4.79 Å². The van der Waals surface area contributed by atoms with Crippen LogP contribution in [-0.2, 0) is 19.4 Å². The number of hydrogen-bond donors (Lipinski definition) is 2. The lowest BCUT2D eigenvalue weighted by Crippen LogP contribution is -2.83. The fraction of sp³-hybridized carbons (Fsp3) is 0.429. The van der Waals surface area contributed by atoms with Gasteiger partial charge >= 0.3 is 0 Å². The van der Waals surface area contributed by atoms with Crippen LogP contribution in [0.5, 0.6) is 0 Å². The number of aryl methyl sites for hydroxylation is 2. The summed E-state index contributed by atoms with van der Waals surface area (Å²) in [4.78, 5) is 22.9. The first-order valence-electron chi connectivity index (χ1n) is 9.44. The van der Waals surface area contributed by atoms with Crippen LogP contribution in [0.15, 0.2) is 29.1 Å². The molecule has 1 aliphatic rings. The molecule has 0 amide bonds. The van der Waals surface area contributed by atoms with E-state index in [0.717, 1.165) is 35.4 Å². The largest absolute Gasteiger partial charge is 0.334 e. The van der Waals surface area contributed by atoms with Crippen molar-refractivity contribution in [1.82, 2.24) is 9.97 Å². The number of aromatic amines is 1. The number of fused-ring (bicyclic) bond motifs is 3. The Bertz CT molecular complexity index is 987. The van der Waals surface area contributed by atoms with E-state index in [0.29, 0.717) is 5.92 Å². The molecular formula is C21H26N3OS+. The van der Waals surface area contributed by atoms with E-state index in [4.69, 9.17) is 4.98 Å². The molecule has 0 bridgehead atoms. The maximum Gasteiger partial charge on any atom is 0.260 e. The fourth-order valence-corrected chi connectivity index (χ4v) is 5.12. The van der Waals surface area contributed by atoms with Crippen molar-refractivity contribution in [2.75, 3.05) is 0 Å². The third-order valence-electron chi connectivity index (χ3n) is 5.44. The van der Waals surface area contributed by atoms with Gasteiger partial charge in [-0.2, -0.15) is 0 Å². The van der Waals surface area contributed by atoms with Crippen molar-refractivity contribution in [3.63, 3.8) is 0 Å². The van der Waals surface area contributed by atoms with Crippen LogP contribution < -0.4 is 10.9 Å². The van der Waals surface area contributed by atoms with Gasteiger partial charge in [-0.25, -0.2) is 4.98 Å². The zero-order valence-corrected chi connectivity index (χ0v) is 16.5. The van der Waals surface area contributed by atoms with Crippen LogP contribution in [0.3, 0.4) is 0 Å². The topological polar surface area (TPSA) is 62.4 Å². The summed E-state index contributed by atoms with van der Waals surface area (Å²) in [5.74, 6) is 1.48. The van der Waals surface area contributed by atoms with Crippen molar-refractivity contribution >= 4 is 21.6 Å². The van der Waals surface area contributed by atoms with E-state index < -0.39 is 0 Å². The van der Waals surface area contributed by atoms with Gasteiger partial charge in [0.15, 0.2) is 5.82 Å². The number of aromatic nitrogens is 2. The molecule has 0 spiro atoms. The molecule has 0 radical (unpaired) electrons. The van der Waals surface area contributed by atoms with Crippen molar-refractivity contribution < 1.29 is 5.32 Å². The minimum absolute atomic E-state index is 0.0349. The van der Waals surface area contributed by atoms with Gasteiger partial charge in [0.05, 0.1) is 5.39 Å². The van der Waals surface area contributed by atoms with Crippen molar-refractivity contribution in [2.45, 2.75) is 52.6 Å². The Morgan fingerprint density at radius 1 is 1.35 bits per heavy atom. The molecule has 4 rings (SSSR count). The highest BCUT2D eigenvalue weighted by molar-refractivity contribution is 7.18. The molecule has 1 aliphatic carbocycles. The fourth-order valence-electron chi connectivity index (χ4n) is 3.73. The summed E-state index contributed by atoms with van der Waals surface area (Å²) in [5.41, 5.74) is 3.84. The smallest absolute Gasteiger partial charge is 0.260 e. The number of nitrogens with zero attached hydrogens (tertiary/aromatic N) is 1. The van der Waals surface area contributed by atoms with Crippen LogP contribution in [-0.4, -0.2) is 9.97 Å². The second-order valence-electron chi connectivity index (χ2n) is 7.70. The van der Waals surface area contributed by atoms with Crippen molar-refractivity contribution in [3.8, 4) is 0 Å². The summed E-state index contributed by atoms with van der Waals surface area (Å²) in [6.45, 7) is 7.37. The molecule has 26 heavy (non-hydrogen) atoms. The summed E-state index contributed by atoms with van der Waals surface area (Å²) in [6, 6.07) is 8.71. The lowest BCUT2D eigenvalue weighted by atomic mass is 9.89. The first-order chi connectivity index (χ1) is 12.5. The number of thiophene rings is 1. The number of H-pyrrole nitrogens is 1. The Labute approximate surface area is 157 Å². The van der Waals surface area contributed by atoms with Crippen molar-refractivity contribution in [2.24, 2.45) is 5.92 Å². The van der Waals surface area contributed by atoms with Crippen molar-refractivity contribution in [1.29, 1.82) is 0 Å². The molecule has 4 nitrogen and oxygen atoms in total. The third kappa shape index (κ3) is 3.33. The van der Waals surface area contributed by atoms with Crippen LogP contribution >= 0.6 is 11.3 Å². The number of hydrogen-bond acceptors (Lipinski definition) is 3. The number of quaternary nitrogens is 1. The predicted octanol–water partition coefficient (Wildman–Crippen LogP) is 3.24. The molecule has 1 aromatic carbocycles. The first kappa shape index (κ1) is 17.4. The Kier molecular flexibility index (Phi) is 4.67. The SMILES string of the molecule is Cc1ccc(C[NH2+][C@H](C)c2nc3sc4c(c3c(=O)[nH]2)CC[C@H](C)C4)cc1. The minimum Gasteiger partial charge on any atom is -0.334 e. The summed E-state index contributed by atoms with van der Waals surface area (Å²) in [5, 5.41) is 3.07. The van der Waals surface area contributed by atoms with Gasteiger partial charge in [-0.3, -0.25) is 4.79 Å². The molecule has 2 atom stereocenters. The molecule has 0 saturated heterocycles. The predicted molar refractivity (Wildman–Crippen MR) is 107 cm³/mol. The second kappa shape index (κ2) is 6.97. The summed E-state index contributed by atoms with van der Waals surface area (Å²) in [7, 11) is 0. The summed E-state index contributed by atoms with van der Waals surface area (Å²) in [6.07, 6.45) is 3.26. The van der Waals surface area contributed by atoms with Gasteiger partial charge in [0.1, 0.15) is 17.4 Å². The molecule has 2 heterocycles. The van der Waals surface area contributed by atoms with Gasteiger partial charge in [0.2, 0.25) is 0 Å². The first-order valence-corrected chi connectivity index (χ1v) is 10.3. The van der Waals surface area contributed by atoms with E-state index in [1.165, 1.54) is 28.0 Å². The molecule has 136 valence electrons. The standard InChI is InChI=1S/C21H25N3OS/c1-12-4-7-15(8-5-12)11-22-14(3)19-23-20(25)18-16-9-6-13(2)10-17(16)26-21(18)24-19/h4-5,7-8,13-14,22H,6,9-11H2,1-3H3,(H,23,24,25)/p+1/t13-,14+/m0/s1. The van der Waals surface area contributed by atoms with E-state index in [1.54, 1.807) is 11.3 Å². The maximum atomic E-state index is 12.7. The highest BCUT2D eigenvalue weighted by Crippen LogP contribution is 2.35. The summed E-state index contributed by atoms with van der Waals surface area (Å²) >= 11 is 1.72. The lowest BCUT2D eigenvalue weighted by molar-refractivity contribution is -0.709.